The van der Waals surface area contributed by atoms with Crippen LogP contribution in [0.15, 0.2) is 24.3 Å². The number of nitrogens with one attached hydrogen (secondary N) is 1. The van der Waals surface area contributed by atoms with Gasteiger partial charge >= 0.3 is 5.97 Å². The van der Waals surface area contributed by atoms with Gasteiger partial charge in [0, 0.05) is 16.9 Å². The van der Waals surface area contributed by atoms with Crippen molar-refractivity contribution in [1.82, 2.24) is 5.32 Å². The molecule has 1 amide bonds. The van der Waals surface area contributed by atoms with E-state index >= 15 is 0 Å². The fraction of sp³-hybridized carbons (Fsp3) is 0.385. The number of aliphatic carboxylic acids is 1. The number of benzene rings is 1. The molecule has 0 aromatic heterocycles. The largest absolute Gasteiger partial charge is 0.480 e. The van der Waals surface area contributed by atoms with E-state index in [1.54, 1.807) is 18.2 Å². The Hall–Kier alpha value is -1.55. The first kappa shape index (κ1) is 12.9. The summed E-state index contributed by atoms with van der Waals surface area (Å²) >= 11 is 5.95. The molecule has 2 rings (SSSR count). The van der Waals surface area contributed by atoms with E-state index in [1.165, 1.54) is 0 Å². The Labute approximate surface area is 110 Å². The average molecular weight is 268 g/mol. The lowest BCUT2D eigenvalue weighted by Crippen LogP contribution is -2.46. The molecule has 0 aliphatic carbocycles. The van der Waals surface area contributed by atoms with Crippen molar-refractivity contribution < 1.29 is 14.7 Å². The Morgan fingerprint density at radius 3 is 2.89 bits per heavy atom. The van der Waals surface area contributed by atoms with Gasteiger partial charge in [0.05, 0.1) is 0 Å². The van der Waals surface area contributed by atoms with Gasteiger partial charge in [0.25, 0.3) is 0 Å². The molecule has 1 aromatic carbocycles. The normalized spacial score (nSPS) is 27.0. The molecule has 1 fully saturated rings. The summed E-state index contributed by atoms with van der Waals surface area (Å²) in [4.78, 5) is 22.9. The van der Waals surface area contributed by atoms with Crippen LogP contribution in [0.1, 0.15) is 25.3 Å². The van der Waals surface area contributed by atoms with E-state index in [1.807, 2.05) is 13.0 Å². The molecule has 1 aromatic rings. The first-order valence-electron chi connectivity index (χ1n) is 5.78. The molecule has 1 saturated heterocycles. The number of hydrogen-bond acceptors (Lipinski definition) is 2. The Kier molecular flexibility index (Phi) is 3.30. The van der Waals surface area contributed by atoms with Gasteiger partial charge in [-0.25, -0.2) is 4.79 Å². The number of amides is 1. The molecule has 1 aliphatic rings. The molecule has 4 nitrogen and oxygen atoms in total. The van der Waals surface area contributed by atoms with Crippen molar-refractivity contribution in [2.75, 3.05) is 0 Å². The summed E-state index contributed by atoms with van der Waals surface area (Å²) in [6.45, 7) is 1.89. The number of carbonyl (C=O) groups is 2. The maximum absolute atomic E-state index is 11.6. The van der Waals surface area contributed by atoms with Crippen LogP contribution in [-0.2, 0) is 15.0 Å². The quantitative estimate of drug-likeness (QED) is 0.880. The molecule has 5 heteroatoms. The second-order valence-corrected chi connectivity index (χ2v) is 4.97. The van der Waals surface area contributed by atoms with Gasteiger partial charge in [-0.15, -0.1) is 0 Å². The zero-order valence-corrected chi connectivity index (χ0v) is 10.7. The zero-order chi connectivity index (χ0) is 13.3. The van der Waals surface area contributed by atoms with Crippen LogP contribution in [0.4, 0.5) is 0 Å². The third-order valence-corrected chi connectivity index (χ3v) is 3.85. The van der Waals surface area contributed by atoms with E-state index in [-0.39, 0.29) is 12.3 Å². The molecule has 0 radical (unpaired) electrons. The van der Waals surface area contributed by atoms with Crippen molar-refractivity contribution >= 4 is 23.5 Å². The number of halogens is 1. The van der Waals surface area contributed by atoms with E-state index in [9.17, 15) is 14.7 Å². The maximum atomic E-state index is 11.6. The third-order valence-electron chi connectivity index (χ3n) is 3.61. The Morgan fingerprint density at radius 2 is 2.33 bits per heavy atom. The van der Waals surface area contributed by atoms with Crippen LogP contribution in [0.2, 0.25) is 5.02 Å². The zero-order valence-electron chi connectivity index (χ0n) is 9.94. The first-order chi connectivity index (χ1) is 8.49. The van der Waals surface area contributed by atoms with Gasteiger partial charge in [0.1, 0.15) is 6.04 Å². The summed E-state index contributed by atoms with van der Waals surface area (Å²) in [5, 5.41) is 12.4. The van der Waals surface area contributed by atoms with Crippen molar-refractivity contribution in [3.63, 3.8) is 0 Å². The summed E-state index contributed by atoms with van der Waals surface area (Å²) in [5.74, 6) is -1.24. The monoisotopic (exact) mass is 267 g/mol. The van der Waals surface area contributed by atoms with Crippen LogP contribution in [-0.4, -0.2) is 23.0 Å². The molecule has 2 unspecified atom stereocenters. The molecule has 0 saturated carbocycles. The molecule has 0 bridgehead atoms. The summed E-state index contributed by atoms with van der Waals surface area (Å²) < 4.78 is 0. The fourth-order valence-electron chi connectivity index (χ4n) is 2.64. The lowest BCUT2D eigenvalue weighted by atomic mass is 9.72. The lowest BCUT2D eigenvalue weighted by molar-refractivity contribution is -0.141. The minimum atomic E-state index is -1.01. The summed E-state index contributed by atoms with van der Waals surface area (Å²) in [5.41, 5.74) is 0.0802. The SMILES string of the molecule is CCC1(c2cccc(Cl)c2)CC(=O)NC1C(=O)O. The van der Waals surface area contributed by atoms with E-state index < -0.39 is 17.4 Å². The Morgan fingerprint density at radius 1 is 1.61 bits per heavy atom. The Balaban J connectivity index is 2.53. The predicted molar refractivity (Wildman–Crippen MR) is 67.6 cm³/mol. The van der Waals surface area contributed by atoms with E-state index in [0.717, 1.165) is 5.56 Å². The van der Waals surface area contributed by atoms with Gasteiger partial charge < -0.3 is 10.4 Å². The molecule has 1 heterocycles. The minimum absolute atomic E-state index is 0.181. The maximum Gasteiger partial charge on any atom is 0.327 e. The summed E-state index contributed by atoms with van der Waals surface area (Å²) in [7, 11) is 0. The van der Waals surface area contributed by atoms with Gasteiger partial charge in [-0.05, 0) is 24.1 Å². The molecule has 2 atom stereocenters. The van der Waals surface area contributed by atoms with Crippen LogP contribution in [0.3, 0.4) is 0 Å². The molecule has 18 heavy (non-hydrogen) atoms. The number of hydrogen-bond donors (Lipinski definition) is 2. The van der Waals surface area contributed by atoms with Crippen molar-refractivity contribution in [2.24, 2.45) is 0 Å². The highest BCUT2D eigenvalue weighted by atomic mass is 35.5. The molecule has 0 spiro atoms. The predicted octanol–water partition coefficient (Wildman–Crippen LogP) is 1.96. The average Bonchev–Trinajstić information content (AvgIpc) is 2.68. The molecule has 1 aliphatic heterocycles. The first-order valence-corrected chi connectivity index (χ1v) is 6.15. The third kappa shape index (κ3) is 1.97. The van der Waals surface area contributed by atoms with Crippen LogP contribution < -0.4 is 5.32 Å². The summed E-state index contributed by atoms with van der Waals surface area (Å²) in [6, 6.07) is 6.17. The summed E-state index contributed by atoms with van der Waals surface area (Å²) in [6.07, 6.45) is 0.740. The van der Waals surface area contributed by atoms with Crippen molar-refractivity contribution in [3.05, 3.63) is 34.9 Å². The second-order valence-electron chi connectivity index (χ2n) is 4.54. The van der Waals surface area contributed by atoms with Crippen LogP contribution in [0.25, 0.3) is 0 Å². The van der Waals surface area contributed by atoms with Crippen LogP contribution >= 0.6 is 11.6 Å². The van der Waals surface area contributed by atoms with Crippen molar-refractivity contribution in [3.8, 4) is 0 Å². The van der Waals surface area contributed by atoms with E-state index in [4.69, 9.17) is 11.6 Å². The number of rotatable bonds is 3. The van der Waals surface area contributed by atoms with E-state index in [2.05, 4.69) is 5.32 Å². The topological polar surface area (TPSA) is 66.4 Å². The molecule has 96 valence electrons. The highest BCUT2D eigenvalue weighted by molar-refractivity contribution is 6.30. The highest BCUT2D eigenvalue weighted by Crippen LogP contribution is 2.40. The lowest BCUT2D eigenvalue weighted by Gasteiger charge is -2.31. The van der Waals surface area contributed by atoms with Crippen molar-refractivity contribution in [1.29, 1.82) is 0 Å². The smallest absolute Gasteiger partial charge is 0.327 e. The second kappa shape index (κ2) is 4.61. The van der Waals surface area contributed by atoms with Gasteiger partial charge in [-0.3, -0.25) is 4.79 Å². The van der Waals surface area contributed by atoms with Crippen LogP contribution in [0, 0.1) is 0 Å². The van der Waals surface area contributed by atoms with E-state index in [0.29, 0.717) is 11.4 Å². The number of carboxylic acids is 1. The van der Waals surface area contributed by atoms with Gasteiger partial charge in [-0.2, -0.15) is 0 Å². The molecule has 2 N–H and O–H groups in total. The number of carbonyl (C=O) groups excluding carboxylic acids is 1. The van der Waals surface area contributed by atoms with Gasteiger partial charge in [0.15, 0.2) is 0 Å². The van der Waals surface area contributed by atoms with Crippen LogP contribution in [0.5, 0.6) is 0 Å². The highest BCUT2D eigenvalue weighted by Gasteiger charge is 2.50. The fourth-order valence-corrected chi connectivity index (χ4v) is 2.83. The number of carboxylic acid groups (broad SMARTS) is 1. The van der Waals surface area contributed by atoms with Gasteiger partial charge in [0.2, 0.25) is 5.91 Å². The minimum Gasteiger partial charge on any atom is -0.480 e. The molecular weight excluding hydrogens is 254 g/mol. The molecular formula is C13H14ClNO3. The van der Waals surface area contributed by atoms with Crippen molar-refractivity contribution in [2.45, 2.75) is 31.2 Å². The standard InChI is InChI=1S/C13H14ClNO3/c1-2-13(8-4-3-5-9(14)6-8)7-10(16)15-11(13)12(17)18/h3-6,11H,2,7H2,1H3,(H,15,16)(H,17,18). The Bertz CT molecular complexity index is 503. The van der Waals surface area contributed by atoms with Gasteiger partial charge in [-0.1, -0.05) is 30.7 Å².